The molecular formula is C12H17NO3S. The lowest BCUT2D eigenvalue weighted by Crippen LogP contribution is -2.31. The van der Waals surface area contributed by atoms with E-state index >= 15 is 0 Å². The Morgan fingerprint density at radius 1 is 1.35 bits per heavy atom. The first-order valence-corrected chi connectivity index (χ1v) is 7.25. The summed E-state index contributed by atoms with van der Waals surface area (Å²) in [5, 5.41) is -0.964. The number of hydrogen-bond acceptors (Lipinski definition) is 4. The van der Waals surface area contributed by atoms with Crippen LogP contribution in [0.5, 0.6) is 0 Å². The standard InChI is InChI=1S/C12H17NO3S/c1-3-11(17(15,16)4-2)12(14)9-6-5-7-10(13)8-9/h5-8,11H,3-4,13H2,1-2H3/t11-/m0/s1. The highest BCUT2D eigenvalue weighted by molar-refractivity contribution is 7.92. The average Bonchev–Trinajstić information content (AvgIpc) is 2.29. The number of nitrogen functional groups attached to an aromatic ring is 1. The third kappa shape index (κ3) is 3.06. The second-order valence-electron chi connectivity index (χ2n) is 3.84. The fourth-order valence-electron chi connectivity index (χ4n) is 1.68. The SMILES string of the molecule is CC[C@@H](C(=O)c1cccc(N)c1)S(=O)(=O)CC. The van der Waals surface area contributed by atoms with Gasteiger partial charge in [-0.25, -0.2) is 8.42 Å². The number of carbonyl (C=O) groups is 1. The molecule has 0 saturated carbocycles. The lowest BCUT2D eigenvalue weighted by atomic mass is 10.1. The van der Waals surface area contributed by atoms with E-state index in [2.05, 4.69) is 0 Å². The van der Waals surface area contributed by atoms with E-state index in [1.165, 1.54) is 6.07 Å². The molecule has 1 atom stereocenters. The highest BCUT2D eigenvalue weighted by Gasteiger charge is 2.29. The fourth-order valence-corrected chi connectivity index (χ4v) is 3.05. The van der Waals surface area contributed by atoms with Gasteiger partial charge in [-0.2, -0.15) is 0 Å². The summed E-state index contributed by atoms with van der Waals surface area (Å²) in [5.41, 5.74) is 6.39. The number of nitrogens with two attached hydrogens (primary N) is 1. The normalized spacial score (nSPS) is 13.3. The Hall–Kier alpha value is -1.36. The summed E-state index contributed by atoms with van der Waals surface area (Å²) < 4.78 is 23.6. The maximum Gasteiger partial charge on any atom is 0.181 e. The molecule has 0 saturated heterocycles. The molecule has 0 aliphatic carbocycles. The molecule has 2 N–H and O–H groups in total. The summed E-state index contributed by atoms with van der Waals surface area (Å²) in [7, 11) is -3.36. The van der Waals surface area contributed by atoms with Gasteiger partial charge in [0.1, 0.15) is 5.25 Å². The third-order valence-corrected chi connectivity index (χ3v) is 4.89. The molecule has 1 rings (SSSR count). The van der Waals surface area contributed by atoms with Crippen molar-refractivity contribution in [2.75, 3.05) is 11.5 Å². The van der Waals surface area contributed by atoms with Crippen LogP contribution in [0.2, 0.25) is 0 Å². The predicted octanol–water partition coefficient (Wildman–Crippen LogP) is 1.66. The monoisotopic (exact) mass is 255 g/mol. The molecule has 0 radical (unpaired) electrons. The van der Waals surface area contributed by atoms with E-state index < -0.39 is 15.1 Å². The smallest absolute Gasteiger partial charge is 0.181 e. The zero-order valence-electron chi connectivity index (χ0n) is 10.0. The first kappa shape index (κ1) is 13.7. The molecule has 0 spiro atoms. The second-order valence-corrected chi connectivity index (χ2v) is 6.31. The lowest BCUT2D eigenvalue weighted by molar-refractivity contribution is 0.0985. The first-order chi connectivity index (χ1) is 7.92. The highest BCUT2D eigenvalue weighted by Crippen LogP contribution is 2.16. The van der Waals surface area contributed by atoms with Crippen molar-refractivity contribution in [2.24, 2.45) is 0 Å². The van der Waals surface area contributed by atoms with Crippen LogP contribution < -0.4 is 5.73 Å². The van der Waals surface area contributed by atoms with E-state index in [0.717, 1.165) is 0 Å². The van der Waals surface area contributed by atoms with Crippen LogP contribution in [0.3, 0.4) is 0 Å². The zero-order chi connectivity index (χ0) is 13.1. The number of carbonyl (C=O) groups excluding carboxylic acids is 1. The molecular weight excluding hydrogens is 238 g/mol. The minimum Gasteiger partial charge on any atom is -0.399 e. The van der Waals surface area contributed by atoms with E-state index in [9.17, 15) is 13.2 Å². The molecule has 4 nitrogen and oxygen atoms in total. The quantitative estimate of drug-likeness (QED) is 0.641. The molecule has 0 fully saturated rings. The van der Waals surface area contributed by atoms with Crippen molar-refractivity contribution >= 4 is 21.3 Å². The third-order valence-electron chi connectivity index (χ3n) is 2.67. The van der Waals surface area contributed by atoms with Gasteiger partial charge in [0.25, 0.3) is 0 Å². The topological polar surface area (TPSA) is 77.2 Å². The number of benzene rings is 1. The molecule has 1 aromatic rings. The molecule has 0 amide bonds. The molecule has 0 unspecified atom stereocenters. The van der Waals surface area contributed by atoms with Gasteiger partial charge in [0, 0.05) is 17.0 Å². The average molecular weight is 255 g/mol. The highest BCUT2D eigenvalue weighted by atomic mass is 32.2. The van der Waals surface area contributed by atoms with Crippen LogP contribution in [0.1, 0.15) is 30.6 Å². The number of rotatable bonds is 5. The summed E-state index contributed by atoms with van der Waals surface area (Å²) in [4.78, 5) is 12.1. The van der Waals surface area contributed by atoms with Crippen molar-refractivity contribution in [3.05, 3.63) is 29.8 Å². The predicted molar refractivity (Wildman–Crippen MR) is 68.7 cm³/mol. The van der Waals surface area contributed by atoms with Gasteiger partial charge in [-0.15, -0.1) is 0 Å². The number of hydrogen-bond donors (Lipinski definition) is 1. The van der Waals surface area contributed by atoms with Crippen LogP contribution in [-0.4, -0.2) is 25.2 Å². The van der Waals surface area contributed by atoms with E-state index in [0.29, 0.717) is 11.3 Å². The maximum atomic E-state index is 12.1. The maximum absolute atomic E-state index is 12.1. The molecule has 0 aliphatic heterocycles. The molecule has 94 valence electrons. The Morgan fingerprint density at radius 3 is 2.47 bits per heavy atom. The summed E-state index contributed by atoms with van der Waals surface area (Å²) in [5.74, 6) is -0.402. The zero-order valence-corrected chi connectivity index (χ0v) is 10.8. The van der Waals surface area contributed by atoms with Gasteiger partial charge in [0.15, 0.2) is 15.6 Å². The Morgan fingerprint density at radius 2 is 2.00 bits per heavy atom. The van der Waals surface area contributed by atoms with Crippen molar-refractivity contribution in [1.82, 2.24) is 0 Å². The number of Topliss-reactive ketones (excluding diaryl/α,β-unsaturated/α-hetero) is 1. The van der Waals surface area contributed by atoms with E-state index in [1.807, 2.05) is 0 Å². The van der Waals surface area contributed by atoms with Crippen molar-refractivity contribution in [3.8, 4) is 0 Å². The molecule has 0 aliphatic rings. The van der Waals surface area contributed by atoms with Crippen LogP contribution in [0, 0.1) is 0 Å². The van der Waals surface area contributed by atoms with Gasteiger partial charge in [-0.3, -0.25) is 4.79 Å². The van der Waals surface area contributed by atoms with Gasteiger partial charge in [-0.1, -0.05) is 26.0 Å². The van der Waals surface area contributed by atoms with Crippen LogP contribution in [0.25, 0.3) is 0 Å². The second kappa shape index (κ2) is 5.31. The Bertz CT molecular complexity index is 508. The van der Waals surface area contributed by atoms with Crippen LogP contribution in [-0.2, 0) is 9.84 Å². The van der Waals surface area contributed by atoms with Crippen molar-refractivity contribution < 1.29 is 13.2 Å². The minimum atomic E-state index is -3.36. The van der Waals surface area contributed by atoms with Crippen molar-refractivity contribution in [1.29, 1.82) is 0 Å². The van der Waals surface area contributed by atoms with Gasteiger partial charge in [0.2, 0.25) is 0 Å². The molecule has 1 aromatic carbocycles. The Labute approximate surface area is 102 Å². The molecule has 0 bridgehead atoms. The van der Waals surface area contributed by atoms with E-state index in [1.54, 1.807) is 32.0 Å². The Kier molecular flexibility index (Phi) is 4.28. The summed E-state index contributed by atoms with van der Waals surface area (Å²) in [6.45, 7) is 3.24. The van der Waals surface area contributed by atoms with Crippen molar-refractivity contribution in [3.63, 3.8) is 0 Å². The van der Waals surface area contributed by atoms with E-state index in [-0.39, 0.29) is 18.0 Å². The van der Waals surface area contributed by atoms with Crippen LogP contribution in [0.15, 0.2) is 24.3 Å². The molecule has 5 heteroatoms. The van der Waals surface area contributed by atoms with E-state index in [4.69, 9.17) is 5.73 Å². The summed E-state index contributed by atoms with van der Waals surface area (Å²) >= 11 is 0. The van der Waals surface area contributed by atoms with Gasteiger partial charge >= 0.3 is 0 Å². The molecule has 17 heavy (non-hydrogen) atoms. The number of ketones is 1. The van der Waals surface area contributed by atoms with Crippen LogP contribution in [0.4, 0.5) is 5.69 Å². The Balaban J connectivity index is 3.11. The van der Waals surface area contributed by atoms with Crippen molar-refractivity contribution in [2.45, 2.75) is 25.5 Å². The summed E-state index contributed by atoms with van der Waals surface area (Å²) in [6, 6.07) is 6.41. The molecule has 0 heterocycles. The minimum absolute atomic E-state index is 0.0282. The van der Waals surface area contributed by atoms with Gasteiger partial charge in [0.05, 0.1) is 0 Å². The van der Waals surface area contributed by atoms with Gasteiger partial charge in [-0.05, 0) is 18.6 Å². The van der Waals surface area contributed by atoms with Crippen LogP contribution >= 0.6 is 0 Å². The summed E-state index contributed by atoms with van der Waals surface area (Å²) in [6.07, 6.45) is 0.282. The largest absolute Gasteiger partial charge is 0.399 e. The number of anilines is 1. The van der Waals surface area contributed by atoms with Gasteiger partial charge < -0.3 is 5.73 Å². The first-order valence-electron chi connectivity index (χ1n) is 5.53. The number of sulfone groups is 1. The fraction of sp³-hybridized carbons (Fsp3) is 0.417. The lowest BCUT2D eigenvalue weighted by Gasteiger charge is -2.13. The molecule has 0 aromatic heterocycles.